The van der Waals surface area contributed by atoms with Crippen LogP contribution in [0.5, 0.6) is 0 Å². The number of hydrogen-bond donors (Lipinski definition) is 2. The van der Waals surface area contributed by atoms with E-state index in [0.29, 0.717) is 15.2 Å². The van der Waals surface area contributed by atoms with Crippen LogP contribution in [-0.2, 0) is 6.42 Å². The molecule has 0 saturated heterocycles. The van der Waals surface area contributed by atoms with E-state index in [2.05, 4.69) is 47.0 Å². The summed E-state index contributed by atoms with van der Waals surface area (Å²) in [5.74, 6) is 0. The summed E-state index contributed by atoms with van der Waals surface area (Å²) in [6.07, 6.45) is 0.952. The molecule has 2 nitrogen and oxygen atoms in total. The highest BCUT2D eigenvalue weighted by Crippen LogP contribution is 2.37. The van der Waals surface area contributed by atoms with Gasteiger partial charge in [-0.2, -0.15) is 0 Å². The molecule has 0 radical (unpaired) electrons. The highest BCUT2D eigenvalue weighted by molar-refractivity contribution is 7.80. The molecule has 3 aromatic carbocycles. The van der Waals surface area contributed by atoms with Crippen molar-refractivity contribution >= 4 is 51.9 Å². The van der Waals surface area contributed by atoms with Crippen molar-refractivity contribution in [2.75, 3.05) is 10.6 Å². The lowest BCUT2D eigenvalue weighted by atomic mass is 10.1. The maximum absolute atomic E-state index is 6.03. The molecule has 1 aliphatic carbocycles. The predicted octanol–water partition coefficient (Wildman–Crippen LogP) is 6.37. The van der Waals surface area contributed by atoms with Gasteiger partial charge in [0.15, 0.2) is 5.11 Å². The van der Waals surface area contributed by atoms with Gasteiger partial charge in [-0.1, -0.05) is 53.5 Å². The van der Waals surface area contributed by atoms with Crippen molar-refractivity contribution in [1.29, 1.82) is 0 Å². The van der Waals surface area contributed by atoms with E-state index in [9.17, 15) is 0 Å². The topological polar surface area (TPSA) is 24.1 Å². The number of rotatable bonds is 2. The Hall–Kier alpha value is -2.07. The lowest BCUT2D eigenvalue weighted by molar-refractivity contribution is 1.26. The Balaban J connectivity index is 1.49. The number of fused-ring (bicyclic) bond motifs is 3. The Kier molecular flexibility index (Phi) is 4.38. The second-order valence-electron chi connectivity index (χ2n) is 5.91. The van der Waals surface area contributed by atoms with Crippen LogP contribution < -0.4 is 10.6 Å². The van der Waals surface area contributed by atoms with Gasteiger partial charge in [-0.3, -0.25) is 0 Å². The highest BCUT2D eigenvalue weighted by Gasteiger charge is 2.17. The van der Waals surface area contributed by atoms with Crippen LogP contribution in [-0.4, -0.2) is 5.11 Å². The number of nitrogens with one attached hydrogen (secondary N) is 2. The summed E-state index contributed by atoms with van der Waals surface area (Å²) in [4.78, 5) is 0. The molecule has 0 bridgehead atoms. The van der Waals surface area contributed by atoms with Crippen LogP contribution >= 0.6 is 35.4 Å². The lowest BCUT2D eigenvalue weighted by Gasteiger charge is -2.12. The molecule has 1 aliphatic rings. The molecule has 0 atom stereocenters. The van der Waals surface area contributed by atoms with E-state index >= 15 is 0 Å². The number of anilines is 2. The Labute approximate surface area is 161 Å². The Morgan fingerprint density at radius 3 is 2.24 bits per heavy atom. The third kappa shape index (κ3) is 3.36. The first kappa shape index (κ1) is 16.4. The van der Waals surface area contributed by atoms with Crippen LogP contribution in [0.25, 0.3) is 11.1 Å². The van der Waals surface area contributed by atoms with Crippen LogP contribution in [0, 0.1) is 0 Å². The van der Waals surface area contributed by atoms with Crippen molar-refractivity contribution in [1.82, 2.24) is 0 Å². The Bertz CT molecular complexity index is 985. The molecular formula is C20H14Cl2N2S. The average Bonchev–Trinajstić information content (AvgIpc) is 2.96. The number of halogens is 2. The second-order valence-corrected chi connectivity index (χ2v) is 7.14. The number of benzene rings is 3. The second kappa shape index (κ2) is 6.68. The van der Waals surface area contributed by atoms with Crippen LogP contribution in [0.4, 0.5) is 11.4 Å². The summed E-state index contributed by atoms with van der Waals surface area (Å²) in [5.41, 5.74) is 7.05. The first-order valence-electron chi connectivity index (χ1n) is 7.84. The molecule has 124 valence electrons. The van der Waals surface area contributed by atoms with Crippen LogP contribution in [0.3, 0.4) is 0 Å². The smallest absolute Gasteiger partial charge is 0.175 e. The van der Waals surface area contributed by atoms with Gasteiger partial charge in [0.1, 0.15) is 0 Å². The number of thiocarbonyl (C=S) groups is 1. The van der Waals surface area contributed by atoms with Crippen molar-refractivity contribution in [3.63, 3.8) is 0 Å². The zero-order chi connectivity index (χ0) is 17.4. The predicted molar refractivity (Wildman–Crippen MR) is 111 cm³/mol. The van der Waals surface area contributed by atoms with Crippen LogP contribution in [0.15, 0.2) is 60.7 Å². The van der Waals surface area contributed by atoms with E-state index in [1.165, 1.54) is 22.3 Å². The Morgan fingerprint density at radius 1 is 0.760 bits per heavy atom. The minimum atomic E-state index is 0.491. The zero-order valence-electron chi connectivity index (χ0n) is 13.1. The summed E-state index contributed by atoms with van der Waals surface area (Å²) in [6.45, 7) is 0. The largest absolute Gasteiger partial charge is 0.332 e. The minimum Gasteiger partial charge on any atom is -0.332 e. The van der Waals surface area contributed by atoms with Crippen LogP contribution in [0.2, 0.25) is 10.0 Å². The molecule has 0 fully saturated rings. The van der Waals surface area contributed by atoms with Gasteiger partial charge >= 0.3 is 0 Å². The van der Waals surface area contributed by atoms with Gasteiger partial charge in [-0.15, -0.1) is 0 Å². The fourth-order valence-electron chi connectivity index (χ4n) is 3.09. The molecule has 25 heavy (non-hydrogen) atoms. The van der Waals surface area contributed by atoms with E-state index in [1.807, 2.05) is 12.1 Å². The van der Waals surface area contributed by atoms with Gasteiger partial charge in [-0.05, 0) is 71.2 Å². The Morgan fingerprint density at radius 2 is 1.44 bits per heavy atom. The fourth-order valence-corrected chi connectivity index (χ4v) is 3.62. The quantitative estimate of drug-likeness (QED) is 0.392. The maximum Gasteiger partial charge on any atom is 0.175 e. The van der Waals surface area contributed by atoms with Gasteiger partial charge in [0.2, 0.25) is 0 Å². The van der Waals surface area contributed by atoms with Crippen molar-refractivity contribution in [3.05, 3.63) is 81.8 Å². The minimum absolute atomic E-state index is 0.491. The summed E-state index contributed by atoms with van der Waals surface area (Å²) >= 11 is 17.4. The number of hydrogen-bond acceptors (Lipinski definition) is 1. The average molecular weight is 385 g/mol. The third-order valence-electron chi connectivity index (χ3n) is 4.23. The van der Waals surface area contributed by atoms with E-state index in [4.69, 9.17) is 35.4 Å². The van der Waals surface area contributed by atoms with Crippen molar-refractivity contribution < 1.29 is 0 Å². The molecule has 0 saturated carbocycles. The van der Waals surface area contributed by atoms with Crippen molar-refractivity contribution in [2.24, 2.45) is 0 Å². The summed E-state index contributed by atoms with van der Waals surface area (Å²) in [5, 5.41) is 7.86. The molecule has 0 amide bonds. The van der Waals surface area contributed by atoms with Gasteiger partial charge in [-0.25, -0.2) is 0 Å². The standard InChI is InChI=1S/C20H14Cl2N2S/c21-18-8-6-15(11-19(18)22)24-20(25)23-14-5-7-17-13(10-14)9-12-3-1-2-4-16(12)17/h1-8,10-11H,9H2,(H2,23,24,25). The molecule has 2 N–H and O–H groups in total. The molecule has 3 aromatic rings. The first-order chi connectivity index (χ1) is 12.1. The molecule has 0 aromatic heterocycles. The lowest BCUT2D eigenvalue weighted by Crippen LogP contribution is -2.19. The summed E-state index contributed by atoms with van der Waals surface area (Å²) in [6, 6.07) is 20.2. The highest BCUT2D eigenvalue weighted by atomic mass is 35.5. The molecule has 0 aliphatic heterocycles. The molecule has 0 unspecified atom stereocenters. The van der Waals surface area contributed by atoms with Gasteiger partial charge in [0.25, 0.3) is 0 Å². The van der Waals surface area contributed by atoms with Crippen LogP contribution in [0.1, 0.15) is 11.1 Å². The van der Waals surface area contributed by atoms with Gasteiger partial charge in [0.05, 0.1) is 10.0 Å². The van der Waals surface area contributed by atoms with Gasteiger partial charge < -0.3 is 10.6 Å². The van der Waals surface area contributed by atoms with E-state index in [-0.39, 0.29) is 0 Å². The SMILES string of the molecule is S=C(Nc1ccc(Cl)c(Cl)c1)Nc1ccc2c(c1)Cc1ccccc1-2. The first-order valence-corrected chi connectivity index (χ1v) is 9.01. The van der Waals surface area contributed by atoms with E-state index in [1.54, 1.807) is 12.1 Å². The maximum atomic E-state index is 6.03. The molecular weight excluding hydrogens is 371 g/mol. The summed E-state index contributed by atoms with van der Waals surface area (Å²) in [7, 11) is 0. The fraction of sp³-hybridized carbons (Fsp3) is 0.0500. The van der Waals surface area contributed by atoms with E-state index < -0.39 is 0 Å². The molecule has 0 heterocycles. The van der Waals surface area contributed by atoms with Crippen molar-refractivity contribution in [2.45, 2.75) is 6.42 Å². The molecule has 5 heteroatoms. The molecule has 0 spiro atoms. The zero-order valence-corrected chi connectivity index (χ0v) is 15.5. The van der Waals surface area contributed by atoms with Crippen molar-refractivity contribution in [3.8, 4) is 11.1 Å². The normalized spacial score (nSPS) is 11.6. The van der Waals surface area contributed by atoms with E-state index in [0.717, 1.165) is 17.8 Å². The molecule has 4 rings (SSSR count). The monoisotopic (exact) mass is 384 g/mol. The van der Waals surface area contributed by atoms with Gasteiger partial charge in [0, 0.05) is 11.4 Å². The third-order valence-corrected chi connectivity index (χ3v) is 5.17. The summed E-state index contributed by atoms with van der Waals surface area (Å²) < 4.78 is 0.